The summed E-state index contributed by atoms with van der Waals surface area (Å²) in [5.74, 6) is 4.96. The fourth-order valence-electron chi connectivity index (χ4n) is 5.46. The van der Waals surface area contributed by atoms with Gasteiger partial charge in [-0.1, -0.05) is 132 Å². The molecular formula is C38H67P3. The monoisotopic (exact) mass is 616 g/mol. The van der Waals surface area contributed by atoms with Gasteiger partial charge in [-0.2, -0.15) is 0 Å². The topological polar surface area (TPSA) is 0 Å². The quantitative estimate of drug-likeness (QED) is 0.155. The van der Waals surface area contributed by atoms with Gasteiger partial charge in [-0.15, -0.1) is 24.4 Å². The molecule has 0 bridgehead atoms. The Morgan fingerprint density at radius 3 is 1.00 bits per heavy atom. The Labute approximate surface area is 262 Å². The minimum absolute atomic E-state index is 0.0318. The molecule has 0 aliphatic carbocycles. The number of rotatable bonds is 17. The highest BCUT2D eigenvalue weighted by Crippen LogP contribution is 2.48. The van der Waals surface area contributed by atoms with Gasteiger partial charge < -0.3 is 0 Å². The molecule has 2 aromatic rings. The van der Waals surface area contributed by atoms with Crippen molar-refractivity contribution < 1.29 is 0 Å². The summed E-state index contributed by atoms with van der Waals surface area (Å²) < 4.78 is 0. The molecule has 0 N–H and O–H groups in total. The Morgan fingerprint density at radius 1 is 0.439 bits per heavy atom. The molecule has 2 rings (SSSR count). The SMILES string of the molecule is CC(C)CP(Cc1ccccc1-c1ccccc1CP(CC(C)C)CC(C)C)CC(C)C.CC(C)CPCC(C)C. The molecule has 0 aliphatic rings. The lowest BCUT2D eigenvalue weighted by atomic mass is 9.97. The highest BCUT2D eigenvalue weighted by atomic mass is 31.1. The molecule has 0 fully saturated rings. The summed E-state index contributed by atoms with van der Waals surface area (Å²) in [6.45, 7) is 28.3. The third kappa shape index (κ3) is 18.2. The third-order valence-electron chi connectivity index (χ3n) is 6.71. The van der Waals surface area contributed by atoms with Crippen molar-refractivity contribution in [1.82, 2.24) is 0 Å². The normalized spacial score (nSPS) is 12.1. The van der Waals surface area contributed by atoms with Crippen molar-refractivity contribution in [2.45, 2.75) is 95.4 Å². The maximum atomic E-state index is 2.41. The van der Waals surface area contributed by atoms with Gasteiger partial charge in [0.25, 0.3) is 0 Å². The van der Waals surface area contributed by atoms with Crippen LogP contribution in [0, 0.1) is 35.5 Å². The van der Waals surface area contributed by atoms with Crippen molar-refractivity contribution >= 4 is 24.4 Å². The van der Waals surface area contributed by atoms with E-state index in [0.717, 1.165) is 35.5 Å². The third-order valence-corrected chi connectivity index (χ3v) is 15.5. The molecular weight excluding hydrogens is 549 g/mol. The van der Waals surface area contributed by atoms with Crippen LogP contribution in [-0.2, 0) is 12.3 Å². The molecule has 0 atom stereocenters. The van der Waals surface area contributed by atoms with Crippen molar-refractivity contribution in [3.63, 3.8) is 0 Å². The summed E-state index contributed by atoms with van der Waals surface area (Å²) in [6.07, 6.45) is 10.9. The van der Waals surface area contributed by atoms with Crippen LogP contribution in [0.15, 0.2) is 48.5 Å². The highest BCUT2D eigenvalue weighted by molar-refractivity contribution is 7.57. The summed E-state index contributed by atoms with van der Waals surface area (Å²) in [7, 11) is 1.26. The van der Waals surface area contributed by atoms with Crippen LogP contribution in [0.25, 0.3) is 11.1 Å². The standard InChI is InChI=1S/C30H48P2.C8H19P/c1-23(2)17-31(18-24(3)4)21-27-13-9-11-15-29(27)30-16-12-10-14-28(30)22-32(19-25(5)6)20-26(7)8;1-7(2)5-9-6-8(3)4/h9-16,23-26H,17-22H2,1-8H3;7-9H,5-6H2,1-4H3. The molecule has 0 unspecified atom stereocenters. The summed E-state index contributed by atoms with van der Waals surface area (Å²) in [5, 5.41) is 0. The summed E-state index contributed by atoms with van der Waals surface area (Å²) in [6, 6.07) is 18.6. The first-order chi connectivity index (χ1) is 19.3. The molecule has 0 spiro atoms. The van der Waals surface area contributed by atoms with E-state index in [1.165, 1.54) is 69.0 Å². The Balaban J connectivity index is 0.000000803. The van der Waals surface area contributed by atoms with Gasteiger partial charge in [0.1, 0.15) is 0 Å². The number of benzene rings is 2. The van der Waals surface area contributed by atoms with Crippen molar-refractivity contribution in [3.05, 3.63) is 59.7 Å². The van der Waals surface area contributed by atoms with Crippen LogP contribution in [0.1, 0.15) is 94.2 Å². The maximum Gasteiger partial charge on any atom is -0.00667 e. The molecule has 0 aliphatic heterocycles. The van der Waals surface area contributed by atoms with Gasteiger partial charge in [-0.3, -0.25) is 0 Å². The first-order valence-electron chi connectivity index (χ1n) is 16.6. The number of hydrogen-bond acceptors (Lipinski definition) is 0. The van der Waals surface area contributed by atoms with Gasteiger partial charge >= 0.3 is 0 Å². The van der Waals surface area contributed by atoms with Gasteiger partial charge in [-0.05, 0) is 107 Å². The van der Waals surface area contributed by atoms with Crippen LogP contribution < -0.4 is 0 Å². The van der Waals surface area contributed by atoms with Crippen LogP contribution in [-0.4, -0.2) is 37.0 Å². The molecule has 0 radical (unpaired) electrons. The predicted molar refractivity (Wildman–Crippen MR) is 200 cm³/mol. The Morgan fingerprint density at radius 2 is 0.732 bits per heavy atom. The number of hydrogen-bond donors (Lipinski definition) is 0. The molecule has 0 nitrogen and oxygen atoms in total. The molecule has 0 heterocycles. The Hall–Kier alpha value is -0.270. The Kier molecular flexibility index (Phi) is 20.3. The lowest BCUT2D eigenvalue weighted by Gasteiger charge is -2.25. The van der Waals surface area contributed by atoms with Crippen LogP contribution >= 0.6 is 24.4 Å². The van der Waals surface area contributed by atoms with Gasteiger partial charge in [0, 0.05) is 0 Å². The van der Waals surface area contributed by atoms with Gasteiger partial charge in [-0.25, -0.2) is 0 Å². The maximum absolute atomic E-state index is 2.41. The molecule has 3 heteroatoms. The largest absolute Gasteiger partial charge is 0.122 e. The molecule has 234 valence electrons. The van der Waals surface area contributed by atoms with E-state index in [-0.39, 0.29) is 15.8 Å². The van der Waals surface area contributed by atoms with Crippen LogP contribution in [0.2, 0.25) is 0 Å². The highest BCUT2D eigenvalue weighted by Gasteiger charge is 2.19. The fourth-order valence-corrected chi connectivity index (χ4v) is 13.2. The molecule has 41 heavy (non-hydrogen) atoms. The minimum Gasteiger partial charge on any atom is -0.122 e. The fraction of sp³-hybridized carbons (Fsp3) is 0.684. The van der Waals surface area contributed by atoms with Gasteiger partial charge in [0.2, 0.25) is 0 Å². The average molecular weight is 617 g/mol. The lowest BCUT2D eigenvalue weighted by molar-refractivity contribution is 0.716. The summed E-state index contributed by atoms with van der Waals surface area (Å²) in [4.78, 5) is 0. The van der Waals surface area contributed by atoms with E-state index in [2.05, 4.69) is 132 Å². The molecule has 0 aromatic heterocycles. The second kappa shape index (κ2) is 21.4. The van der Waals surface area contributed by atoms with Crippen LogP contribution in [0.3, 0.4) is 0 Å². The summed E-state index contributed by atoms with van der Waals surface area (Å²) in [5.41, 5.74) is 6.13. The van der Waals surface area contributed by atoms with E-state index < -0.39 is 0 Å². The molecule has 0 saturated carbocycles. The van der Waals surface area contributed by atoms with Crippen molar-refractivity contribution in [2.24, 2.45) is 35.5 Å². The Bertz CT molecular complexity index is 833. The van der Waals surface area contributed by atoms with Gasteiger partial charge in [0.15, 0.2) is 0 Å². The molecule has 2 aromatic carbocycles. The molecule has 0 amide bonds. The van der Waals surface area contributed by atoms with Crippen LogP contribution in [0.5, 0.6) is 0 Å². The second-order valence-electron chi connectivity index (χ2n) is 14.7. The smallest absolute Gasteiger partial charge is 0.00667 e. The van der Waals surface area contributed by atoms with E-state index in [1.807, 2.05) is 0 Å². The first-order valence-corrected chi connectivity index (χ1v) is 21.8. The zero-order valence-electron chi connectivity index (χ0n) is 29.1. The van der Waals surface area contributed by atoms with Crippen molar-refractivity contribution in [2.75, 3.05) is 37.0 Å². The van der Waals surface area contributed by atoms with E-state index in [4.69, 9.17) is 0 Å². The second-order valence-corrected chi connectivity index (χ2v) is 20.8. The average Bonchev–Trinajstić information content (AvgIpc) is 2.83. The minimum atomic E-state index is 0.0318. The predicted octanol–water partition coefficient (Wildman–Crippen LogP) is 12.9. The zero-order valence-corrected chi connectivity index (χ0v) is 31.9. The lowest BCUT2D eigenvalue weighted by Crippen LogP contribution is -2.06. The first kappa shape index (κ1) is 38.8. The van der Waals surface area contributed by atoms with Crippen molar-refractivity contribution in [3.8, 4) is 11.1 Å². The summed E-state index contributed by atoms with van der Waals surface area (Å²) >= 11 is 0. The van der Waals surface area contributed by atoms with Gasteiger partial charge in [0.05, 0.1) is 0 Å². The zero-order chi connectivity index (χ0) is 30.9. The van der Waals surface area contributed by atoms with E-state index in [1.54, 1.807) is 11.1 Å². The van der Waals surface area contributed by atoms with E-state index in [9.17, 15) is 0 Å². The van der Waals surface area contributed by atoms with E-state index >= 15 is 0 Å². The van der Waals surface area contributed by atoms with E-state index in [0.29, 0.717) is 0 Å². The van der Waals surface area contributed by atoms with Crippen LogP contribution in [0.4, 0.5) is 0 Å². The van der Waals surface area contributed by atoms with Crippen molar-refractivity contribution in [1.29, 1.82) is 0 Å². The molecule has 0 saturated heterocycles.